The highest BCUT2D eigenvalue weighted by atomic mass is 16.5. The van der Waals surface area contributed by atoms with Crippen molar-refractivity contribution in [2.24, 2.45) is 0 Å². The van der Waals surface area contributed by atoms with E-state index in [0.717, 1.165) is 6.54 Å². The highest BCUT2D eigenvalue weighted by molar-refractivity contribution is 5.96. The first-order valence-electron chi connectivity index (χ1n) is 6.28. The molecule has 0 fully saturated rings. The van der Waals surface area contributed by atoms with Crippen molar-refractivity contribution in [3.8, 4) is 17.6 Å². The number of carboxylic acids is 1. The predicted molar refractivity (Wildman–Crippen MR) is 78.3 cm³/mol. The van der Waals surface area contributed by atoms with Crippen LogP contribution >= 0.6 is 0 Å². The minimum Gasteiger partial charge on any atom is -0.493 e. The van der Waals surface area contributed by atoms with Gasteiger partial charge in [-0.15, -0.1) is 0 Å². The van der Waals surface area contributed by atoms with Gasteiger partial charge in [0.25, 0.3) is 0 Å². The normalized spacial score (nSPS) is 11.1. The molecule has 6 heteroatoms. The van der Waals surface area contributed by atoms with E-state index in [2.05, 4.69) is 0 Å². The van der Waals surface area contributed by atoms with Gasteiger partial charge < -0.3 is 19.5 Å². The zero-order chi connectivity index (χ0) is 15.8. The molecule has 0 atom stereocenters. The van der Waals surface area contributed by atoms with Crippen LogP contribution in [0.5, 0.6) is 11.5 Å². The summed E-state index contributed by atoms with van der Waals surface area (Å²) in [5.41, 5.74) is 0.231. The first-order valence-corrected chi connectivity index (χ1v) is 6.28. The van der Waals surface area contributed by atoms with E-state index in [1.807, 2.05) is 19.0 Å². The standard InChI is InChI=1S/C15H18N2O4/c1-17(2)6-7-21-14-9-11(4-5-13(14)20-3)8-12(10-16)15(18)19/h4-5,8-9H,6-7H2,1-3H3,(H,18,19). The van der Waals surface area contributed by atoms with E-state index >= 15 is 0 Å². The van der Waals surface area contributed by atoms with Gasteiger partial charge in [0.1, 0.15) is 18.2 Å². The molecule has 0 aliphatic rings. The quantitative estimate of drug-likeness (QED) is 0.607. The average Bonchev–Trinajstić information content (AvgIpc) is 2.44. The molecule has 6 nitrogen and oxygen atoms in total. The smallest absolute Gasteiger partial charge is 0.346 e. The van der Waals surface area contributed by atoms with E-state index in [9.17, 15) is 4.79 Å². The molecule has 0 aliphatic heterocycles. The Kier molecular flexibility index (Phi) is 6.24. The zero-order valence-electron chi connectivity index (χ0n) is 12.3. The summed E-state index contributed by atoms with van der Waals surface area (Å²) in [5.74, 6) is -0.195. The lowest BCUT2D eigenvalue weighted by Gasteiger charge is -2.14. The van der Waals surface area contributed by atoms with Crippen LogP contribution in [0.2, 0.25) is 0 Å². The number of hydrogen-bond acceptors (Lipinski definition) is 5. The van der Waals surface area contributed by atoms with Crippen LogP contribution in [0.4, 0.5) is 0 Å². The fraction of sp³-hybridized carbons (Fsp3) is 0.333. The monoisotopic (exact) mass is 290 g/mol. The second kappa shape index (κ2) is 7.92. The third-order valence-electron chi connectivity index (χ3n) is 2.65. The highest BCUT2D eigenvalue weighted by Gasteiger charge is 2.09. The van der Waals surface area contributed by atoms with Gasteiger partial charge in [-0.3, -0.25) is 0 Å². The van der Waals surface area contributed by atoms with Crippen LogP contribution in [0.25, 0.3) is 6.08 Å². The molecule has 1 N–H and O–H groups in total. The molecule has 0 saturated carbocycles. The van der Waals surface area contributed by atoms with Crippen molar-refractivity contribution in [1.82, 2.24) is 4.90 Å². The summed E-state index contributed by atoms with van der Waals surface area (Å²) in [6.07, 6.45) is 1.29. The lowest BCUT2D eigenvalue weighted by Crippen LogP contribution is -2.19. The molecule has 0 bridgehead atoms. The van der Waals surface area contributed by atoms with E-state index in [0.29, 0.717) is 23.7 Å². The zero-order valence-corrected chi connectivity index (χ0v) is 12.3. The van der Waals surface area contributed by atoms with Crippen LogP contribution in [-0.2, 0) is 4.79 Å². The molecule has 0 unspecified atom stereocenters. The summed E-state index contributed by atoms with van der Waals surface area (Å²) in [6, 6.07) is 6.63. The molecular weight excluding hydrogens is 272 g/mol. The molecule has 0 heterocycles. The van der Waals surface area contributed by atoms with Gasteiger partial charge in [-0.1, -0.05) is 6.07 Å². The van der Waals surface area contributed by atoms with Crippen molar-refractivity contribution in [3.05, 3.63) is 29.3 Å². The molecular formula is C15H18N2O4. The number of carbonyl (C=O) groups is 1. The van der Waals surface area contributed by atoms with Crippen molar-refractivity contribution >= 4 is 12.0 Å². The van der Waals surface area contributed by atoms with Crippen molar-refractivity contribution in [2.45, 2.75) is 0 Å². The van der Waals surface area contributed by atoms with E-state index in [-0.39, 0.29) is 5.57 Å². The second-order valence-corrected chi connectivity index (χ2v) is 4.54. The number of aliphatic carboxylic acids is 1. The topological polar surface area (TPSA) is 82.8 Å². The first kappa shape index (κ1) is 16.5. The molecule has 112 valence electrons. The number of likely N-dealkylation sites (N-methyl/N-ethyl adjacent to an activating group) is 1. The Hall–Kier alpha value is -2.52. The fourth-order valence-corrected chi connectivity index (χ4v) is 1.54. The van der Waals surface area contributed by atoms with E-state index < -0.39 is 5.97 Å². The molecule has 1 aromatic rings. The maximum atomic E-state index is 10.8. The maximum absolute atomic E-state index is 10.8. The van der Waals surface area contributed by atoms with E-state index in [1.54, 1.807) is 24.3 Å². The van der Waals surface area contributed by atoms with Crippen LogP contribution < -0.4 is 9.47 Å². The molecule has 1 aromatic carbocycles. The summed E-state index contributed by atoms with van der Waals surface area (Å²) in [5, 5.41) is 17.6. The molecule has 21 heavy (non-hydrogen) atoms. The average molecular weight is 290 g/mol. The number of methoxy groups -OCH3 is 1. The van der Waals surface area contributed by atoms with Gasteiger partial charge in [-0.25, -0.2) is 4.79 Å². The summed E-state index contributed by atoms with van der Waals surface area (Å²) in [6.45, 7) is 1.21. The SMILES string of the molecule is COc1ccc(C=C(C#N)C(=O)O)cc1OCCN(C)C. The van der Waals surface area contributed by atoms with Gasteiger partial charge >= 0.3 is 5.97 Å². The molecule has 0 saturated heterocycles. The van der Waals surface area contributed by atoms with Crippen molar-refractivity contribution < 1.29 is 19.4 Å². The summed E-state index contributed by atoms with van der Waals surface area (Å²) in [7, 11) is 5.40. The predicted octanol–water partition coefficient (Wildman–Crippen LogP) is 1.63. The first-order chi connectivity index (χ1) is 9.97. The minimum absolute atomic E-state index is 0.334. The number of nitrogens with zero attached hydrogens (tertiary/aromatic N) is 2. The van der Waals surface area contributed by atoms with E-state index in [1.165, 1.54) is 13.2 Å². The van der Waals surface area contributed by atoms with Crippen molar-refractivity contribution in [2.75, 3.05) is 34.4 Å². The van der Waals surface area contributed by atoms with Gasteiger partial charge in [0.2, 0.25) is 0 Å². The number of carboxylic acid groups (broad SMARTS) is 1. The molecule has 0 spiro atoms. The van der Waals surface area contributed by atoms with Crippen molar-refractivity contribution in [1.29, 1.82) is 5.26 Å². The van der Waals surface area contributed by atoms with Gasteiger partial charge in [0.05, 0.1) is 7.11 Å². The minimum atomic E-state index is -1.26. The number of hydrogen-bond donors (Lipinski definition) is 1. The lowest BCUT2D eigenvalue weighted by molar-refractivity contribution is -0.132. The van der Waals surface area contributed by atoms with Gasteiger partial charge in [0, 0.05) is 6.54 Å². The summed E-state index contributed by atoms with van der Waals surface area (Å²) < 4.78 is 10.8. The second-order valence-electron chi connectivity index (χ2n) is 4.54. The van der Waals surface area contributed by atoms with Crippen molar-refractivity contribution in [3.63, 3.8) is 0 Å². The maximum Gasteiger partial charge on any atom is 0.346 e. The fourth-order valence-electron chi connectivity index (χ4n) is 1.54. The molecule has 0 radical (unpaired) electrons. The number of rotatable bonds is 7. The summed E-state index contributed by atoms with van der Waals surface area (Å²) >= 11 is 0. The van der Waals surface area contributed by atoms with Crippen LogP contribution in [0.1, 0.15) is 5.56 Å². The van der Waals surface area contributed by atoms with Crippen LogP contribution in [0, 0.1) is 11.3 Å². The highest BCUT2D eigenvalue weighted by Crippen LogP contribution is 2.28. The summed E-state index contributed by atoms with van der Waals surface area (Å²) in [4.78, 5) is 12.8. The lowest BCUT2D eigenvalue weighted by atomic mass is 10.1. The van der Waals surface area contributed by atoms with E-state index in [4.69, 9.17) is 19.8 Å². The Bertz CT molecular complexity index is 574. The Labute approximate surface area is 123 Å². The third-order valence-corrected chi connectivity index (χ3v) is 2.65. The largest absolute Gasteiger partial charge is 0.493 e. The number of nitriles is 1. The molecule has 0 aromatic heterocycles. The Balaban J connectivity index is 2.99. The number of benzene rings is 1. The Morgan fingerprint density at radius 2 is 2.14 bits per heavy atom. The molecule has 1 rings (SSSR count). The molecule has 0 amide bonds. The Morgan fingerprint density at radius 3 is 2.67 bits per heavy atom. The van der Waals surface area contributed by atoms with Crippen LogP contribution in [0.3, 0.4) is 0 Å². The molecule has 0 aliphatic carbocycles. The van der Waals surface area contributed by atoms with Gasteiger partial charge in [-0.2, -0.15) is 5.26 Å². The Morgan fingerprint density at radius 1 is 1.43 bits per heavy atom. The van der Waals surface area contributed by atoms with Crippen LogP contribution in [0.15, 0.2) is 23.8 Å². The third kappa shape index (κ3) is 5.16. The number of ether oxygens (including phenoxy) is 2. The van der Waals surface area contributed by atoms with Gasteiger partial charge in [0.15, 0.2) is 11.5 Å². The van der Waals surface area contributed by atoms with Crippen LogP contribution in [-0.4, -0.2) is 50.3 Å². The van der Waals surface area contributed by atoms with Gasteiger partial charge in [-0.05, 0) is 37.9 Å².